The molecule has 0 aromatic heterocycles. The number of halogens is 1. The molecule has 0 unspecified atom stereocenters. The van der Waals surface area contributed by atoms with Gasteiger partial charge in [-0.05, 0) is 35.2 Å². The van der Waals surface area contributed by atoms with Gasteiger partial charge >= 0.3 is 0 Å². The monoisotopic (exact) mass is 353 g/mol. The van der Waals surface area contributed by atoms with Crippen molar-refractivity contribution in [2.45, 2.75) is 26.4 Å². The summed E-state index contributed by atoms with van der Waals surface area (Å²) in [7, 11) is 0. The van der Waals surface area contributed by atoms with Crippen LogP contribution in [-0.2, 0) is 13.0 Å². The summed E-state index contributed by atoms with van der Waals surface area (Å²) in [6, 6.07) is 24.5. The fourth-order valence-electron chi connectivity index (χ4n) is 2.94. The van der Waals surface area contributed by atoms with Crippen molar-refractivity contribution in [1.82, 2.24) is 0 Å². The van der Waals surface area contributed by atoms with Crippen LogP contribution in [0.3, 0.4) is 0 Å². The minimum atomic E-state index is 0. The molecule has 0 aliphatic heterocycles. The van der Waals surface area contributed by atoms with Gasteiger partial charge in [0, 0.05) is 11.3 Å². The zero-order valence-electron chi connectivity index (χ0n) is 14.4. The summed E-state index contributed by atoms with van der Waals surface area (Å²) >= 11 is 0. The first kappa shape index (κ1) is 18.9. The molecule has 0 atom stereocenters. The molecule has 0 fully saturated rings. The summed E-state index contributed by atoms with van der Waals surface area (Å²) in [4.78, 5) is 0. The van der Waals surface area contributed by atoms with Gasteiger partial charge in [0.1, 0.15) is 12.4 Å². The lowest BCUT2D eigenvalue weighted by molar-refractivity contribution is 0.307. The first-order valence-corrected chi connectivity index (χ1v) is 8.43. The van der Waals surface area contributed by atoms with E-state index in [2.05, 4.69) is 31.2 Å². The summed E-state index contributed by atoms with van der Waals surface area (Å²) < 4.78 is 6.11. The third kappa shape index (κ3) is 4.55. The molecule has 2 nitrogen and oxygen atoms in total. The molecule has 0 heterocycles. The zero-order valence-corrected chi connectivity index (χ0v) is 15.3. The number of hydrogen-bond acceptors (Lipinski definition) is 2. The summed E-state index contributed by atoms with van der Waals surface area (Å²) in [5.41, 5.74) is 11.7. The molecular weight excluding hydrogens is 330 g/mol. The van der Waals surface area contributed by atoms with E-state index in [0.717, 1.165) is 35.4 Å². The molecule has 0 aliphatic rings. The van der Waals surface area contributed by atoms with Crippen LogP contribution in [0, 0.1) is 0 Å². The lowest BCUT2D eigenvalue weighted by atomic mass is 9.95. The van der Waals surface area contributed by atoms with E-state index in [4.69, 9.17) is 10.5 Å². The van der Waals surface area contributed by atoms with Gasteiger partial charge in [0.05, 0.1) is 0 Å². The molecule has 3 heteroatoms. The van der Waals surface area contributed by atoms with Crippen molar-refractivity contribution >= 4 is 18.1 Å². The SMILES string of the molecule is CCCc1c(N)cccc1-c1ccccc1OCc1ccccc1.Cl. The average Bonchev–Trinajstić information content (AvgIpc) is 2.63. The van der Waals surface area contributed by atoms with Gasteiger partial charge in [0.15, 0.2) is 0 Å². The van der Waals surface area contributed by atoms with Crippen molar-refractivity contribution in [3.63, 3.8) is 0 Å². The minimum Gasteiger partial charge on any atom is -0.488 e. The van der Waals surface area contributed by atoms with Crippen LogP contribution in [0.5, 0.6) is 5.75 Å². The summed E-state index contributed by atoms with van der Waals surface area (Å²) in [6.07, 6.45) is 2.03. The zero-order chi connectivity index (χ0) is 16.8. The number of nitrogen functional groups attached to an aromatic ring is 1. The standard InChI is InChI=1S/C22H23NO.ClH/c1-2-9-19-18(13-8-14-21(19)23)20-12-6-7-15-22(20)24-16-17-10-4-3-5-11-17;/h3-8,10-15H,2,9,16,23H2,1H3;1H. The van der Waals surface area contributed by atoms with Crippen LogP contribution in [0.25, 0.3) is 11.1 Å². The topological polar surface area (TPSA) is 35.2 Å². The van der Waals surface area contributed by atoms with Gasteiger partial charge in [-0.2, -0.15) is 0 Å². The second-order valence-electron chi connectivity index (χ2n) is 5.89. The fourth-order valence-corrected chi connectivity index (χ4v) is 2.94. The van der Waals surface area contributed by atoms with Crippen molar-refractivity contribution < 1.29 is 4.74 Å². The quantitative estimate of drug-likeness (QED) is 0.561. The predicted octanol–water partition coefficient (Wildman–Crippen LogP) is 5.89. The third-order valence-electron chi connectivity index (χ3n) is 4.13. The van der Waals surface area contributed by atoms with E-state index in [-0.39, 0.29) is 12.4 Å². The van der Waals surface area contributed by atoms with Gasteiger partial charge in [-0.25, -0.2) is 0 Å². The summed E-state index contributed by atoms with van der Waals surface area (Å²) in [5, 5.41) is 0. The first-order chi connectivity index (χ1) is 11.8. The molecular formula is C22H24ClNO. The van der Waals surface area contributed by atoms with E-state index in [1.807, 2.05) is 48.5 Å². The third-order valence-corrected chi connectivity index (χ3v) is 4.13. The van der Waals surface area contributed by atoms with Crippen LogP contribution in [0.2, 0.25) is 0 Å². The number of anilines is 1. The molecule has 0 saturated carbocycles. The highest BCUT2D eigenvalue weighted by Crippen LogP contribution is 2.35. The van der Waals surface area contributed by atoms with Crippen molar-refractivity contribution in [3.8, 4) is 16.9 Å². The Kier molecular flexibility index (Phi) is 6.91. The molecule has 0 radical (unpaired) electrons. The molecule has 0 spiro atoms. The molecule has 0 bridgehead atoms. The van der Waals surface area contributed by atoms with Crippen LogP contribution < -0.4 is 10.5 Å². The van der Waals surface area contributed by atoms with Gasteiger partial charge in [-0.3, -0.25) is 0 Å². The van der Waals surface area contributed by atoms with E-state index in [9.17, 15) is 0 Å². The maximum atomic E-state index is 6.22. The first-order valence-electron chi connectivity index (χ1n) is 8.43. The minimum absolute atomic E-state index is 0. The predicted molar refractivity (Wildman–Crippen MR) is 108 cm³/mol. The summed E-state index contributed by atoms with van der Waals surface area (Å²) in [5.74, 6) is 0.893. The summed E-state index contributed by atoms with van der Waals surface area (Å²) in [6.45, 7) is 2.73. The smallest absolute Gasteiger partial charge is 0.127 e. The van der Waals surface area contributed by atoms with Gasteiger partial charge in [0.2, 0.25) is 0 Å². The van der Waals surface area contributed by atoms with Crippen LogP contribution in [0.1, 0.15) is 24.5 Å². The molecule has 0 amide bonds. The number of nitrogens with two attached hydrogens (primary N) is 1. The van der Waals surface area contributed by atoms with Crippen LogP contribution >= 0.6 is 12.4 Å². The van der Waals surface area contributed by atoms with E-state index < -0.39 is 0 Å². The van der Waals surface area contributed by atoms with E-state index in [1.165, 1.54) is 11.1 Å². The Balaban J connectivity index is 0.00000225. The molecule has 3 aromatic carbocycles. The highest BCUT2D eigenvalue weighted by atomic mass is 35.5. The van der Waals surface area contributed by atoms with Gasteiger partial charge < -0.3 is 10.5 Å². The Morgan fingerprint density at radius 2 is 1.48 bits per heavy atom. The number of para-hydroxylation sites is 1. The Bertz CT molecular complexity index is 802. The van der Waals surface area contributed by atoms with E-state index >= 15 is 0 Å². The van der Waals surface area contributed by atoms with Crippen LogP contribution in [0.4, 0.5) is 5.69 Å². The second-order valence-corrected chi connectivity index (χ2v) is 5.89. The van der Waals surface area contributed by atoms with Crippen molar-refractivity contribution in [1.29, 1.82) is 0 Å². The maximum Gasteiger partial charge on any atom is 0.127 e. The molecule has 2 N–H and O–H groups in total. The maximum absolute atomic E-state index is 6.22. The van der Waals surface area contributed by atoms with Gasteiger partial charge in [-0.1, -0.05) is 74.0 Å². The van der Waals surface area contributed by atoms with Crippen LogP contribution in [-0.4, -0.2) is 0 Å². The molecule has 0 aliphatic carbocycles. The average molecular weight is 354 g/mol. The molecule has 3 rings (SSSR count). The van der Waals surface area contributed by atoms with E-state index in [0.29, 0.717) is 6.61 Å². The number of benzene rings is 3. The normalized spacial score (nSPS) is 10.1. The van der Waals surface area contributed by atoms with E-state index in [1.54, 1.807) is 0 Å². The Labute approximate surface area is 156 Å². The molecule has 0 saturated heterocycles. The van der Waals surface area contributed by atoms with Crippen LogP contribution in [0.15, 0.2) is 72.8 Å². The Hall–Kier alpha value is -2.45. The molecule has 130 valence electrons. The highest BCUT2D eigenvalue weighted by molar-refractivity contribution is 5.85. The second kappa shape index (κ2) is 9.14. The van der Waals surface area contributed by atoms with Crippen molar-refractivity contribution in [2.24, 2.45) is 0 Å². The number of rotatable bonds is 6. The lowest BCUT2D eigenvalue weighted by Crippen LogP contribution is -2.00. The van der Waals surface area contributed by atoms with Crippen molar-refractivity contribution in [3.05, 3.63) is 83.9 Å². The number of ether oxygens (including phenoxy) is 1. The molecule has 3 aromatic rings. The van der Waals surface area contributed by atoms with Crippen molar-refractivity contribution in [2.75, 3.05) is 5.73 Å². The largest absolute Gasteiger partial charge is 0.488 e. The lowest BCUT2D eigenvalue weighted by Gasteiger charge is -2.16. The number of hydrogen-bond donors (Lipinski definition) is 1. The fraction of sp³-hybridized carbons (Fsp3) is 0.182. The van der Waals surface area contributed by atoms with Gasteiger partial charge in [-0.15, -0.1) is 12.4 Å². The Morgan fingerprint density at radius 1 is 0.800 bits per heavy atom. The molecule has 25 heavy (non-hydrogen) atoms. The van der Waals surface area contributed by atoms with Gasteiger partial charge in [0.25, 0.3) is 0 Å². The highest BCUT2D eigenvalue weighted by Gasteiger charge is 2.12. The Morgan fingerprint density at radius 3 is 2.24 bits per heavy atom.